The van der Waals surface area contributed by atoms with Gasteiger partial charge >= 0.3 is 0 Å². The van der Waals surface area contributed by atoms with E-state index >= 15 is 0 Å². The van der Waals surface area contributed by atoms with E-state index in [2.05, 4.69) is 21.6 Å². The second-order valence-electron chi connectivity index (χ2n) is 8.78. The molecule has 9 nitrogen and oxygen atoms in total. The number of nitrogens with one attached hydrogen (secondary N) is 3. The lowest BCUT2D eigenvalue weighted by atomic mass is 10.1. The summed E-state index contributed by atoms with van der Waals surface area (Å²) in [5.74, 6) is -0.0498. The van der Waals surface area contributed by atoms with Crippen LogP contribution in [-0.2, 0) is 10.0 Å². The minimum Gasteiger partial charge on any atom is -0.455 e. The number of halogens is 1. The molecule has 0 atom stereocenters. The first kappa shape index (κ1) is 26.7. The van der Waals surface area contributed by atoms with Crippen molar-refractivity contribution in [1.29, 1.82) is 0 Å². The number of aryl methyl sites for hydroxylation is 3. The summed E-state index contributed by atoms with van der Waals surface area (Å²) in [6.45, 7) is 10.6. The molecular formula is C27H27FN4O5S. The summed E-state index contributed by atoms with van der Waals surface area (Å²) >= 11 is 0. The van der Waals surface area contributed by atoms with E-state index in [-0.39, 0.29) is 28.2 Å². The second kappa shape index (κ2) is 10.2. The van der Waals surface area contributed by atoms with Gasteiger partial charge in [0.2, 0.25) is 5.43 Å². The number of fused-ring (bicyclic) bond motifs is 1. The Morgan fingerprint density at radius 3 is 2.45 bits per heavy atom. The van der Waals surface area contributed by atoms with Gasteiger partial charge in [0.1, 0.15) is 22.8 Å². The van der Waals surface area contributed by atoms with E-state index in [0.717, 1.165) is 5.41 Å². The van der Waals surface area contributed by atoms with Crippen molar-refractivity contribution in [3.63, 3.8) is 0 Å². The summed E-state index contributed by atoms with van der Waals surface area (Å²) in [6, 6.07) is 8.85. The summed E-state index contributed by atoms with van der Waals surface area (Å²) < 4.78 is 48.6. The van der Waals surface area contributed by atoms with Gasteiger partial charge in [-0.15, -0.1) is 0 Å². The number of hydrogen-bond donors (Lipinski definition) is 3. The minimum absolute atomic E-state index is 0.189. The molecule has 0 fully saturated rings. The maximum Gasteiger partial charge on any atom is 0.267 e. The van der Waals surface area contributed by atoms with Crippen LogP contribution in [0.15, 0.2) is 59.4 Å². The van der Waals surface area contributed by atoms with Gasteiger partial charge in [0.05, 0.1) is 16.9 Å². The number of hydrogen-bond acceptors (Lipinski definition) is 5. The third-order valence-electron chi connectivity index (χ3n) is 5.88. The Balaban J connectivity index is 1.99. The van der Waals surface area contributed by atoms with Crippen molar-refractivity contribution in [3.05, 3.63) is 93.0 Å². The smallest absolute Gasteiger partial charge is 0.267 e. The van der Waals surface area contributed by atoms with Gasteiger partial charge in [-0.05, 0) is 75.2 Å². The molecule has 0 aliphatic carbocycles. The number of anilines is 1. The number of pyridine rings is 1. The van der Waals surface area contributed by atoms with Crippen molar-refractivity contribution in [2.75, 3.05) is 11.3 Å². The number of amides is 1. The molecule has 198 valence electrons. The van der Waals surface area contributed by atoms with Crippen LogP contribution in [0.1, 0.15) is 34.1 Å². The molecule has 4 rings (SSSR count). The number of aromatic nitrogens is 2. The quantitative estimate of drug-likeness (QED) is 0.297. The molecule has 0 spiro atoms. The van der Waals surface area contributed by atoms with E-state index in [0.29, 0.717) is 45.9 Å². The Morgan fingerprint density at radius 2 is 1.82 bits per heavy atom. The van der Waals surface area contributed by atoms with Gasteiger partial charge in [0.15, 0.2) is 5.75 Å². The summed E-state index contributed by atoms with van der Waals surface area (Å²) in [6.07, 6.45) is 1.58. The minimum atomic E-state index is -3.82. The summed E-state index contributed by atoms with van der Waals surface area (Å²) in [5.41, 5.74) is 2.55. The van der Waals surface area contributed by atoms with Gasteiger partial charge in [-0.1, -0.05) is 6.58 Å². The van der Waals surface area contributed by atoms with Crippen LogP contribution in [0.5, 0.6) is 11.5 Å². The highest BCUT2D eigenvalue weighted by Crippen LogP contribution is 2.36. The Hall–Kier alpha value is -4.38. The van der Waals surface area contributed by atoms with Crippen LogP contribution in [-0.4, -0.2) is 30.4 Å². The van der Waals surface area contributed by atoms with Crippen LogP contribution in [0, 0.1) is 26.6 Å². The van der Waals surface area contributed by atoms with E-state index in [9.17, 15) is 22.4 Å². The average Bonchev–Trinajstić information content (AvgIpc) is 3.30. The van der Waals surface area contributed by atoms with Crippen LogP contribution in [0.25, 0.3) is 16.7 Å². The number of sulfonamides is 1. The first-order valence-electron chi connectivity index (χ1n) is 11.7. The Morgan fingerprint density at radius 1 is 1.13 bits per heavy atom. The van der Waals surface area contributed by atoms with Gasteiger partial charge in [0, 0.05) is 23.7 Å². The SMILES string of the molecule is C=CS(=O)(=O)Nc1ccc(Oc2c(C)cc(F)cc2C)c(-n2cc(C)c(=O)c3[nH]c(C(=O)NCC)cc32)c1. The molecule has 0 aliphatic heterocycles. The molecule has 0 radical (unpaired) electrons. The zero-order valence-electron chi connectivity index (χ0n) is 21.3. The average molecular weight is 539 g/mol. The lowest BCUT2D eigenvalue weighted by Crippen LogP contribution is -2.22. The third kappa shape index (κ3) is 5.18. The van der Waals surface area contributed by atoms with Crippen LogP contribution >= 0.6 is 0 Å². The van der Waals surface area contributed by atoms with Gasteiger partial charge in [0.25, 0.3) is 15.9 Å². The number of ether oxygens (including phenoxy) is 1. The third-order valence-corrected chi connectivity index (χ3v) is 6.84. The van der Waals surface area contributed by atoms with Crippen molar-refractivity contribution in [3.8, 4) is 17.2 Å². The fourth-order valence-corrected chi connectivity index (χ4v) is 4.67. The highest BCUT2D eigenvalue weighted by molar-refractivity contribution is 7.95. The number of carbonyl (C=O) groups is 1. The van der Waals surface area contributed by atoms with E-state index in [1.807, 2.05) is 0 Å². The zero-order chi connectivity index (χ0) is 27.8. The number of aromatic amines is 1. The number of H-pyrrole nitrogens is 1. The van der Waals surface area contributed by atoms with Crippen LogP contribution in [0.4, 0.5) is 10.1 Å². The number of rotatable bonds is 8. The van der Waals surface area contributed by atoms with Crippen molar-refractivity contribution >= 4 is 32.7 Å². The van der Waals surface area contributed by atoms with Crippen LogP contribution in [0.3, 0.4) is 0 Å². The zero-order valence-corrected chi connectivity index (χ0v) is 22.1. The largest absolute Gasteiger partial charge is 0.455 e. The van der Waals surface area contributed by atoms with Crippen molar-refractivity contribution in [2.45, 2.75) is 27.7 Å². The lowest BCUT2D eigenvalue weighted by molar-refractivity contribution is 0.0951. The summed E-state index contributed by atoms with van der Waals surface area (Å²) in [4.78, 5) is 28.4. The molecule has 0 bridgehead atoms. The van der Waals surface area contributed by atoms with Gasteiger partial charge in [-0.3, -0.25) is 14.3 Å². The predicted molar refractivity (Wildman–Crippen MR) is 145 cm³/mol. The molecule has 11 heteroatoms. The van der Waals surface area contributed by atoms with Crippen molar-refractivity contribution in [2.24, 2.45) is 0 Å². The highest BCUT2D eigenvalue weighted by Gasteiger charge is 2.19. The van der Waals surface area contributed by atoms with Crippen LogP contribution in [0.2, 0.25) is 0 Å². The summed E-state index contributed by atoms with van der Waals surface area (Å²) in [7, 11) is -3.82. The predicted octanol–water partition coefficient (Wildman–Crippen LogP) is 4.81. The molecule has 2 heterocycles. The molecule has 38 heavy (non-hydrogen) atoms. The monoisotopic (exact) mass is 538 g/mol. The molecule has 2 aromatic carbocycles. The standard InChI is InChI=1S/C27H27FN4O5S/c1-6-29-27(34)20-13-22-24(30-20)25(33)17(5)14-32(22)21-12-19(31-38(35,36)7-2)8-9-23(21)37-26-15(3)10-18(28)11-16(26)4/h7-14,30-31H,2,6H2,1,3-5H3,(H,29,34). The molecule has 0 saturated carbocycles. The molecular weight excluding hydrogens is 511 g/mol. The number of carbonyl (C=O) groups excluding carboxylic acids is 1. The second-order valence-corrected chi connectivity index (χ2v) is 10.4. The van der Waals surface area contributed by atoms with E-state index in [1.54, 1.807) is 50.6 Å². The molecule has 1 amide bonds. The van der Waals surface area contributed by atoms with E-state index in [4.69, 9.17) is 4.74 Å². The van der Waals surface area contributed by atoms with Crippen molar-refractivity contribution in [1.82, 2.24) is 14.9 Å². The van der Waals surface area contributed by atoms with Gasteiger partial charge in [-0.25, -0.2) is 12.8 Å². The normalized spacial score (nSPS) is 11.4. The lowest BCUT2D eigenvalue weighted by Gasteiger charge is -2.19. The fraction of sp³-hybridized carbons (Fsp3) is 0.185. The fourth-order valence-electron chi connectivity index (χ4n) is 4.13. The Labute approximate surface area is 219 Å². The molecule has 0 unspecified atom stereocenters. The maximum absolute atomic E-state index is 13.9. The van der Waals surface area contributed by atoms with Crippen LogP contribution < -0.4 is 20.2 Å². The molecule has 0 aliphatic rings. The molecule has 4 aromatic rings. The first-order valence-corrected chi connectivity index (χ1v) is 13.3. The number of nitrogens with zero attached hydrogens (tertiary/aromatic N) is 1. The number of benzene rings is 2. The van der Waals surface area contributed by atoms with E-state index < -0.39 is 15.8 Å². The Bertz CT molecular complexity index is 1730. The molecule has 2 aromatic heterocycles. The maximum atomic E-state index is 13.9. The first-order chi connectivity index (χ1) is 17.9. The van der Waals surface area contributed by atoms with Crippen molar-refractivity contribution < 1.29 is 22.3 Å². The Kier molecular flexibility index (Phi) is 7.14. The van der Waals surface area contributed by atoms with Gasteiger partial charge in [-0.2, -0.15) is 0 Å². The highest BCUT2D eigenvalue weighted by atomic mass is 32.2. The molecule has 0 saturated heterocycles. The topological polar surface area (TPSA) is 122 Å². The van der Waals surface area contributed by atoms with Gasteiger partial charge < -0.3 is 19.6 Å². The van der Waals surface area contributed by atoms with E-state index in [1.165, 1.54) is 24.3 Å². The summed E-state index contributed by atoms with van der Waals surface area (Å²) in [5, 5.41) is 3.48. The molecule has 3 N–H and O–H groups in total.